The SMILES string of the molecule is CC.COC(=O)CC1(C[NH+]=O)CCC2(CC1)OCCO2. The number of rotatable bonds is 4. The van der Waals surface area contributed by atoms with E-state index in [9.17, 15) is 9.70 Å². The highest BCUT2D eigenvalue weighted by molar-refractivity contribution is 5.70. The van der Waals surface area contributed by atoms with E-state index < -0.39 is 5.79 Å². The Morgan fingerprint density at radius 2 is 1.70 bits per heavy atom. The van der Waals surface area contributed by atoms with Gasteiger partial charge in [0.15, 0.2) is 12.3 Å². The first-order valence-corrected chi connectivity index (χ1v) is 7.33. The average molecular weight is 288 g/mol. The third-order valence-electron chi connectivity index (χ3n) is 4.08. The van der Waals surface area contributed by atoms with Gasteiger partial charge in [-0.25, -0.2) is 0 Å². The van der Waals surface area contributed by atoms with Gasteiger partial charge in [0.25, 0.3) is 0 Å². The quantitative estimate of drug-likeness (QED) is 0.772. The van der Waals surface area contributed by atoms with Gasteiger partial charge in [0.05, 0.1) is 26.7 Å². The zero-order valence-corrected chi connectivity index (χ0v) is 12.7. The predicted molar refractivity (Wildman–Crippen MR) is 72.7 cm³/mol. The van der Waals surface area contributed by atoms with Crippen molar-refractivity contribution in [1.29, 1.82) is 0 Å². The second kappa shape index (κ2) is 7.69. The summed E-state index contributed by atoms with van der Waals surface area (Å²) in [7, 11) is 1.37. The Bertz CT molecular complexity index is 316. The summed E-state index contributed by atoms with van der Waals surface area (Å²) in [6, 6.07) is 0. The first-order chi connectivity index (χ1) is 9.64. The van der Waals surface area contributed by atoms with Crippen LogP contribution >= 0.6 is 0 Å². The molecule has 1 heterocycles. The van der Waals surface area contributed by atoms with Crippen molar-refractivity contribution in [3.63, 3.8) is 0 Å². The normalized spacial score (nSPS) is 22.8. The van der Waals surface area contributed by atoms with Gasteiger partial charge in [-0.3, -0.25) is 4.79 Å². The molecule has 2 rings (SSSR count). The number of hydrogen-bond acceptors (Lipinski definition) is 5. The highest BCUT2D eigenvalue weighted by atomic mass is 16.7. The highest BCUT2D eigenvalue weighted by Crippen LogP contribution is 2.45. The van der Waals surface area contributed by atoms with Crippen molar-refractivity contribution < 1.29 is 24.2 Å². The van der Waals surface area contributed by atoms with Crippen LogP contribution < -0.4 is 5.18 Å². The van der Waals surface area contributed by atoms with Crippen molar-refractivity contribution in [2.24, 2.45) is 5.41 Å². The number of esters is 1. The van der Waals surface area contributed by atoms with E-state index in [4.69, 9.17) is 14.2 Å². The molecule has 0 unspecified atom stereocenters. The minimum atomic E-state index is -0.470. The molecule has 116 valence electrons. The monoisotopic (exact) mass is 288 g/mol. The van der Waals surface area contributed by atoms with E-state index in [1.165, 1.54) is 7.11 Å². The van der Waals surface area contributed by atoms with Gasteiger partial charge in [0.1, 0.15) is 0 Å². The second-order valence-corrected chi connectivity index (χ2v) is 5.18. The number of methoxy groups -OCH3 is 1. The molecular formula is C14H26NO5+. The number of carbonyl (C=O) groups is 1. The van der Waals surface area contributed by atoms with Crippen molar-refractivity contribution in [2.45, 2.75) is 51.7 Å². The molecule has 0 aromatic heterocycles. The number of nitroso groups, excluding NO2 is 1. The summed E-state index contributed by atoms with van der Waals surface area (Å²) in [5.74, 6) is -0.739. The lowest BCUT2D eigenvalue weighted by molar-refractivity contribution is -0.501. The lowest BCUT2D eigenvalue weighted by Crippen LogP contribution is -2.70. The Balaban J connectivity index is 0.000000956. The van der Waals surface area contributed by atoms with Crippen LogP contribution in [0.25, 0.3) is 0 Å². The van der Waals surface area contributed by atoms with Crippen molar-refractivity contribution >= 4 is 5.97 Å². The minimum absolute atomic E-state index is 0.269. The largest absolute Gasteiger partial charge is 0.469 e. The fourth-order valence-corrected chi connectivity index (χ4v) is 2.89. The topological polar surface area (TPSA) is 75.8 Å². The maximum atomic E-state index is 11.5. The Kier molecular flexibility index (Phi) is 6.55. The van der Waals surface area contributed by atoms with E-state index in [1.807, 2.05) is 19.0 Å². The number of nitrogens with one attached hydrogen (secondary N) is 1. The average Bonchev–Trinajstić information content (AvgIpc) is 2.94. The van der Waals surface area contributed by atoms with E-state index in [2.05, 4.69) is 0 Å². The molecule has 0 aromatic rings. The van der Waals surface area contributed by atoms with Gasteiger partial charge in [0.2, 0.25) is 0 Å². The molecule has 1 saturated heterocycles. The van der Waals surface area contributed by atoms with Gasteiger partial charge >= 0.3 is 5.97 Å². The predicted octanol–water partition coefficient (Wildman–Crippen LogP) is 0.726. The van der Waals surface area contributed by atoms with Gasteiger partial charge < -0.3 is 14.2 Å². The number of ether oxygens (including phenoxy) is 3. The third kappa shape index (κ3) is 3.99. The molecule has 6 nitrogen and oxygen atoms in total. The van der Waals surface area contributed by atoms with E-state index >= 15 is 0 Å². The van der Waals surface area contributed by atoms with Crippen LogP contribution in [0.5, 0.6) is 0 Å². The summed E-state index contributed by atoms with van der Waals surface area (Å²) in [5.41, 5.74) is -0.324. The molecule has 0 atom stereocenters. The molecule has 1 spiro atoms. The first kappa shape index (κ1) is 17.0. The first-order valence-electron chi connectivity index (χ1n) is 7.33. The summed E-state index contributed by atoms with van der Waals surface area (Å²) in [6.07, 6.45) is 3.20. The van der Waals surface area contributed by atoms with Gasteiger partial charge in [-0.05, 0) is 18.0 Å². The van der Waals surface area contributed by atoms with Crippen LogP contribution in [0.2, 0.25) is 0 Å². The molecule has 1 aliphatic heterocycles. The third-order valence-corrected chi connectivity index (χ3v) is 4.08. The summed E-state index contributed by atoms with van der Waals surface area (Å²) in [5, 5.41) is 1.95. The van der Waals surface area contributed by atoms with Crippen molar-refractivity contribution in [3.05, 3.63) is 4.91 Å². The van der Waals surface area contributed by atoms with Gasteiger partial charge in [0, 0.05) is 23.2 Å². The molecule has 20 heavy (non-hydrogen) atoms. The van der Waals surface area contributed by atoms with Crippen LogP contribution in [-0.2, 0) is 19.0 Å². The molecule has 0 bridgehead atoms. The molecule has 2 aliphatic rings. The molecule has 0 aromatic carbocycles. The van der Waals surface area contributed by atoms with E-state index in [0.29, 0.717) is 13.2 Å². The fraction of sp³-hybridized carbons (Fsp3) is 0.929. The highest BCUT2D eigenvalue weighted by Gasteiger charge is 2.48. The lowest BCUT2D eigenvalue weighted by Gasteiger charge is -2.40. The van der Waals surface area contributed by atoms with Crippen molar-refractivity contribution in [3.8, 4) is 0 Å². The smallest absolute Gasteiger partial charge is 0.306 e. The second-order valence-electron chi connectivity index (χ2n) is 5.18. The Labute approximate surface area is 120 Å². The zero-order chi connectivity index (χ0) is 15.1. The van der Waals surface area contributed by atoms with Crippen LogP contribution in [0.3, 0.4) is 0 Å². The molecule has 0 amide bonds. The summed E-state index contributed by atoms with van der Waals surface area (Å²) in [6.45, 7) is 5.53. The van der Waals surface area contributed by atoms with Crippen LogP contribution in [0.4, 0.5) is 0 Å². The van der Waals surface area contributed by atoms with Gasteiger partial charge in [-0.15, -0.1) is 0 Å². The zero-order valence-electron chi connectivity index (χ0n) is 12.7. The van der Waals surface area contributed by atoms with Gasteiger partial charge in [-0.2, -0.15) is 0 Å². The van der Waals surface area contributed by atoms with E-state index in [-0.39, 0.29) is 24.3 Å². The standard InChI is InChI=1S/C12H19NO5.C2H6/c1-16-10(14)8-11(9-13-15)2-4-12(5-3-11)17-6-7-18-12;1-2/h2-9H2,1H3;1-2H3/p+1. The van der Waals surface area contributed by atoms with E-state index in [0.717, 1.165) is 25.7 Å². The van der Waals surface area contributed by atoms with Crippen LogP contribution in [0, 0.1) is 10.3 Å². The fourth-order valence-electron chi connectivity index (χ4n) is 2.89. The van der Waals surface area contributed by atoms with Crippen LogP contribution in [0.15, 0.2) is 0 Å². The van der Waals surface area contributed by atoms with Crippen molar-refractivity contribution in [2.75, 3.05) is 26.9 Å². The molecule has 6 heteroatoms. The molecule has 2 fully saturated rings. The molecule has 1 saturated carbocycles. The Morgan fingerprint density at radius 3 is 2.15 bits per heavy atom. The molecule has 0 radical (unpaired) electrons. The molecular weight excluding hydrogens is 262 g/mol. The summed E-state index contributed by atoms with van der Waals surface area (Å²) < 4.78 is 16.0. The summed E-state index contributed by atoms with van der Waals surface area (Å²) in [4.78, 5) is 22.2. The maximum absolute atomic E-state index is 11.5. The Hall–Kier alpha value is -1.01. The molecule has 1 N–H and O–H groups in total. The number of carbonyl (C=O) groups excluding carboxylic acids is 1. The number of hydrogen-bond donors (Lipinski definition) is 1. The van der Waals surface area contributed by atoms with E-state index in [1.54, 1.807) is 0 Å². The maximum Gasteiger partial charge on any atom is 0.306 e. The molecule has 1 aliphatic carbocycles. The van der Waals surface area contributed by atoms with Crippen LogP contribution in [-0.4, -0.2) is 38.6 Å². The summed E-state index contributed by atoms with van der Waals surface area (Å²) >= 11 is 0. The van der Waals surface area contributed by atoms with Gasteiger partial charge in [-0.1, -0.05) is 13.8 Å². The minimum Gasteiger partial charge on any atom is -0.469 e. The van der Waals surface area contributed by atoms with Crippen molar-refractivity contribution in [1.82, 2.24) is 0 Å². The lowest BCUT2D eigenvalue weighted by atomic mass is 9.70. The van der Waals surface area contributed by atoms with Crippen LogP contribution in [0.1, 0.15) is 46.0 Å². The Morgan fingerprint density at radius 1 is 1.15 bits per heavy atom.